The molecule has 1 nitrogen and oxygen atoms in total. The van der Waals surface area contributed by atoms with Crippen LogP contribution in [0.2, 0.25) is 0 Å². The van der Waals surface area contributed by atoms with Crippen LogP contribution in [0.1, 0.15) is 25.0 Å². The van der Waals surface area contributed by atoms with E-state index in [9.17, 15) is 4.39 Å². The van der Waals surface area contributed by atoms with Gasteiger partial charge in [0.1, 0.15) is 6.67 Å². The molecule has 12 heavy (non-hydrogen) atoms. The van der Waals surface area contributed by atoms with Gasteiger partial charge in [-0.1, -0.05) is 24.3 Å². The van der Waals surface area contributed by atoms with E-state index in [-0.39, 0.29) is 0 Å². The van der Waals surface area contributed by atoms with Crippen molar-refractivity contribution in [3.05, 3.63) is 35.4 Å². The maximum Gasteiger partial charge on any atom is 0.115 e. The van der Waals surface area contributed by atoms with Crippen LogP contribution in [0.15, 0.2) is 24.3 Å². The Balaban J connectivity index is 3.14. The van der Waals surface area contributed by atoms with Gasteiger partial charge in [0.05, 0.1) is 0 Å². The van der Waals surface area contributed by atoms with Crippen LogP contribution in [0.3, 0.4) is 0 Å². The van der Waals surface area contributed by atoms with E-state index in [4.69, 9.17) is 5.73 Å². The molecule has 1 rings (SSSR count). The fourth-order valence-corrected chi connectivity index (χ4v) is 1.27. The van der Waals surface area contributed by atoms with Gasteiger partial charge in [-0.25, -0.2) is 4.39 Å². The van der Waals surface area contributed by atoms with Gasteiger partial charge in [0.25, 0.3) is 0 Å². The summed E-state index contributed by atoms with van der Waals surface area (Å²) in [7, 11) is 0. The lowest BCUT2D eigenvalue weighted by Gasteiger charge is -2.21. The highest BCUT2D eigenvalue weighted by atomic mass is 19.1. The lowest BCUT2D eigenvalue weighted by molar-refractivity contribution is 0.466. The van der Waals surface area contributed by atoms with Crippen molar-refractivity contribution in [3.8, 4) is 0 Å². The van der Waals surface area contributed by atoms with Crippen molar-refractivity contribution in [2.24, 2.45) is 5.73 Å². The van der Waals surface area contributed by atoms with Crippen LogP contribution in [-0.4, -0.2) is 0 Å². The summed E-state index contributed by atoms with van der Waals surface area (Å²) in [6.45, 7) is 3.31. The second kappa shape index (κ2) is 3.23. The second-order valence-electron chi connectivity index (χ2n) is 3.51. The highest BCUT2D eigenvalue weighted by molar-refractivity contribution is 5.31. The summed E-state index contributed by atoms with van der Waals surface area (Å²) in [5.41, 5.74) is 6.98. The summed E-state index contributed by atoms with van der Waals surface area (Å²) in [6.07, 6.45) is 0. The lowest BCUT2D eigenvalue weighted by Crippen LogP contribution is -2.29. The molecule has 1 aromatic rings. The number of halogens is 1. The Labute approximate surface area is 72.4 Å². The van der Waals surface area contributed by atoms with E-state index in [1.54, 1.807) is 6.07 Å². The lowest BCUT2D eigenvalue weighted by atomic mass is 9.91. The van der Waals surface area contributed by atoms with Crippen LogP contribution in [0.25, 0.3) is 0 Å². The average Bonchev–Trinajstić information content (AvgIpc) is 2.03. The predicted molar refractivity (Wildman–Crippen MR) is 48.5 cm³/mol. The first-order valence-corrected chi connectivity index (χ1v) is 3.99. The summed E-state index contributed by atoms with van der Waals surface area (Å²) in [5, 5.41) is 0. The molecule has 1 aromatic carbocycles. The summed E-state index contributed by atoms with van der Waals surface area (Å²) in [6, 6.07) is 7.34. The van der Waals surface area contributed by atoms with Gasteiger partial charge in [0, 0.05) is 5.54 Å². The van der Waals surface area contributed by atoms with Crippen molar-refractivity contribution in [1.82, 2.24) is 0 Å². The van der Waals surface area contributed by atoms with Crippen molar-refractivity contribution in [1.29, 1.82) is 0 Å². The molecule has 0 bridgehead atoms. The number of alkyl halides is 1. The number of hydrogen-bond donors (Lipinski definition) is 1. The largest absolute Gasteiger partial charge is 0.322 e. The predicted octanol–water partition coefficient (Wildman–Crippen LogP) is 2.35. The smallest absolute Gasteiger partial charge is 0.115 e. The first-order chi connectivity index (χ1) is 5.55. The summed E-state index contributed by atoms with van der Waals surface area (Å²) < 4.78 is 12.5. The third-order valence-electron chi connectivity index (χ3n) is 1.86. The van der Waals surface area contributed by atoms with Crippen LogP contribution in [0.5, 0.6) is 0 Å². The van der Waals surface area contributed by atoms with Crippen LogP contribution >= 0.6 is 0 Å². The molecule has 0 atom stereocenters. The quantitative estimate of drug-likeness (QED) is 0.718. The minimum absolute atomic E-state index is 0.448. The Morgan fingerprint density at radius 2 is 1.92 bits per heavy atom. The number of hydrogen-bond acceptors (Lipinski definition) is 1. The van der Waals surface area contributed by atoms with Gasteiger partial charge < -0.3 is 5.73 Å². The molecule has 0 aliphatic heterocycles. The first-order valence-electron chi connectivity index (χ1n) is 3.99. The van der Waals surface area contributed by atoms with Crippen molar-refractivity contribution < 1.29 is 4.39 Å². The van der Waals surface area contributed by atoms with E-state index in [0.717, 1.165) is 5.56 Å². The van der Waals surface area contributed by atoms with Crippen LogP contribution in [0, 0.1) is 0 Å². The normalized spacial score (nSPS) is 11.7. The molecule has 0 amide bonds. The van der Waals surface area contributed by atoms with E-state index >= 15 is 0 Å². The summed E-state index contributed by atoms with van der Waals surface area (Å²) >= 11 is 0. The highest BCUT2D eigenvalue weighted by Gasteiger charge is 2.16. The van der Waals surface area contributed by atoms with Gasteiger partial charge in [-0.05, 0) is 25.0 Å². The topological polar surface area (TPSA) is 26.0 Å². The average molecular weight is 167 g/mol. The molecule has 0 aromatic heterocycles. The first kappa shape index (κ1) is 9.20. The minimum atomic E-state index is -0.456. The molecule has 0 aliphatic carbocycles. The zero-order valence-corrected chi connectivity index (χ0v) is 7.47. The molecule has 0 aliphatic rings. The Bertz CT molecular complexity index is 263. The van der Waals surface area contributed by atoms with Crippen LogP contribution in [-0.2, 0) is 12.2 Å². The van der Waals surface area contributed by atoms with E-state index in [1.165, 1.54) is 0 Å². The Hall–Kier alpha value is -0.890. The maximum absolute atomic E-state index is 12.5. The van der Waals surface area contributed by atoms with Crippen molar-refractivity contribution in [2.75, 3.05) is 0 Å². The molecule has 66 valence electrons. The van der Waals surface area contributed by atoms with Gasteiger partial charge in [0.2, 0.25) is 0 Å². The standard InChI is InChI=1S/C10H14FN/c1-10(2,12)9-6-4-3-5-8(9)7-11/h3-6H,7,12H2,1-2H3. The molecule has 0 saturated carbocycles. The van der Waals surface area contributed by atoms with E-state index in [2.05, 4.69) is 0 Å². The molecule has 0 spiro atoms. The molecule has 0 heterocycles. The fraction of sp³-hybridized carbons (Fsp3) is 0.400. The van der Waals surface area contributed by atoms with Gasteiger partial charge in [0.15, 0.2) is 0 Å². The second-order valence-corrected chi connectivity index (χ2v) is 3.51. The number of benzene rings is 1. The van der Waals surface area contributed by atoms with Crippen molar-refractivity contribution in [3.63, 3.8) is 0 Å². The molecule has 2 N–H and O–H groups in total. The summed E-state index contributed by atoms with van der Waals surface area (Å²) in [5.74, 6) is 0. The maximum atomic E-state index is 12.5. The van der Waals surface area contributed by atoms with E-state index in [0.29, 0.717) is 5.56 Å². The van der Waals surface area contributed by atoms with E-state index in [1.807, 2.05) is 32.0 Å². The SMILES string of the molecule is CC(C)(N)c1ccccc1CF. The fourth-order valence-electron chi connectivity index (χ4n) is 1.27. The van der Waals surface area contributed by atoms with Gasteiger partial charge in [-0.3, -0.25) is 0 Å². The third-order valence-corrected chi connectivity index (χ3v) is 1.86. The third kappa shape index (κ3) is 1.83. The highest BCUT2D eigenvalue weighted by Crippen LogP contribution is 2.21. The molecule has 0 fully saturated rings. The van der Waals surface area contributed by atoms with Crippen LogP contribution in [0.4, 0.5) is 4.39 Å². The number of rotatable bonds is 2. The Morgan fingerprint density at radius 1 is 1.33 bits per heavy atom. The van der Waals surface area contributed by atoms with Gasteiger partial charge >= 0.3 is 0 Å². The van der Waals surface area contributed by atoms with Crippen molar-refractivity contribution in [2.45, 2.75) is 26.1 Å². The van der Waals surface area contributed by atoms with Crippen LogP contribution < -0.4 is 5.73 Å². The Kier molecular flexibility index (Phi) is 2.48. The monoisotopic (exact) mass is 167 g/mol. The zero-order chi connectivity index (χ0) is 9.19. The molecule has 0 radical (unpaired) electrons. The van der Waals surface area contributed by atoms with Gasteiger partial charge in [-0.15, -0.1) is 0 Å². The Morgan fingerprint density at radius 3 is 2.33 bits per heavy atom. The summed E-state index contributed by atoms with van der Waals surface area (Å²) in [4.78, 5) is 0. The zero-order valence-electron chi connectivity index (χ0n) is 7.47. The molecular formula is C10H14FN. The van der Waals surface area contributed by atoms with Gasteiger partial charge in [-0.2, -0.15) is 0 Å². The molecular weight excluding hydrogens is 153 g/mol. The molecule has 0 saturated heterocycles. The number of nitrogens with two attached hydrogens (primary N) is 1. The molecule has 0 unspecified atom stereocenters. The van der Waals surface area contributed by atoms with E-state index < -0.39 is 12.2 Å². The molecule has 2 heteroatoms. The minimum Gasteiger partial charge on any atom is -0.322 e. The van der Waals surface area contributed by atoms with Crippen molar-refractivity contribution >= 4 is 0 Å².